The molecule has 24 heavy (non-hydrogen) atoms. The van der Waals surface area contributed by atoms with Gasteiger partial charge in [-0.1, -0.05) is 30.3 Å². The summed E-state index contributed by atoms with van der Waals surface area (Å²) in [7, 11) is 0. The lowest BCUT2D eigenvalue weighted by molar-refractivity contribution is -0.135. The minimum atomic E-state index is -1.00. The van der Waals surface area contributed by atoms with E-state index in [-0.39, 0.29) is 24.8 Å². The summed E-state index contributed by atoms with van der Waals surface area (Å²) in [5.74, 6) is -1.56. The standard InChI is InChI=1S/C18H19FN2O3/c19-15-8-6-14(7-9-15)10-11-20-17(22)12-21(13-18(23)24)16-4-2-1-3-5-16/h1-9H,10-13H2,(H,20,22)(H,23,24). The van der Waals surface area contributed by atoms with Crippen LogP contribution in [0.25, 0.3) is 0 Å². The smallest absolute Gasteiger partial charge is 0.323 e. The Morgan fingerprint density at radius 2 is 1.67 bits per heavy atom. The number of anilines is 1. The Morgan fingerprint density at radius 1 is 1.00 bits per heavy atom. The molecule has 0 spiro atoms. The molecular formula is C18H19FN2O3. The molecule has 126 valence electrons. The fraction of sp³-hybridized carbons (Fsp3) is 0.222. The fourth-order valence-electron chi connectivity index (χ4n) is 2.27. The van der Waals surface area contributed by atoms with E-state index in [1.807, 2.05) is 6.07 Å². The van der Waals surface area contributed by atoms with Gasteiger partial charge in [0.2, 0.25) is 5.91 Å². The zero-order valence-corrected chi connectivity index (χ0v) is 13.1. The highest BCUT2D eigenvalue weighted by molar-refractivity contribution is 5.84. The van der Waals surface area contributed by atoms with Gasteiger partial charge in [0.15, 0.2) is 0 Å². The summed E-state index contributed by atoms with van der Waals surface area (Å²) in [4.78, 5) is 24.5. The maximum atomic E-state index is 12.8. The van der Waals surface area contributed by atoms with Gasteiger partial charge < -0.3 is 15.3 Å². The number of aliphatic carboxylic acids is 1. The predicted molar refractivity (Wildman–Crippen MR) is 89.4 cm³/mol. The second kappa shape index (κ2) is 8.67. The molecular weight excluding hydrogens is 311 g/mol. The molecule has 0 radical (unpaired) electrons. The Kier molecular flexibility index (Phi) is 6.31. The van der Waals surface area contributed by atoms with Crippen LogP contribution >= 0.6 is 0 Å². The van der Waals surface area contributed by atoms with Crippen molar-refractivity contribution in [3.8, 4) is 0 Å². The highest BCUT2D eigenvalue weighted by Crippen LogP contribution is 2.12. The fourth-order valence-corrected chi connectivity index (χ4v) is 2.27. The van der Waals surface area contributed by atoms with Crippen LogP contribution in [0.5, 0.6) is 0 Å². The van der Waals surface area contributed by atoms with E-state index in [0.717, 1.165) is 5.56 Å². The number of carbonyl (C=O) groups excluding carboxylic acids is 1. The van der Waals surface area contributed by atoms with Crippen molar-refractivity contribution in [1.82, 2.24) is 5.32 Å². The first-order chi connectivity index (χ1) is 11.5. The molecule has 1 amide bonds. The van der Waals surface area contributed by atoms with E-state index < -0.39 is 5.97 Å². The molecule has 2 aromatic carbocycles. The first-order valence-electron chi connectivity index (χ1n) is 7.57. The summed E-state index contributed by atoms with van der Waals surface area (Å²) in [5.41, 5.74) is 1.59. The molecule has 0 aromatic heterocycles. The molecule has 0 unspecified atom stereocenters. The number of rotatable bonds is 8. The number of benzene rings is 2. The third kappa shape index (κ3) is 5.72. The van der Waals surface area contributed by atoms with Gasteiger partial charge in [0.25, 0.3) is 0 Å². The van der Waals surface area contributed by atoms with E-state index in [1.54, 1.807) is 36.4 Å². The lowest BCUT2D eigenvalue weighted by Crippen LogP contribution is -2.40. The minimum Gasteiger partial charge on any atom is -0.480 e. The number of amides is 1. The highest BCUT2D eigenvalue weighted by atomic mass is 19.1. The number of nitrogens with one attached hydrogen (secondary N) is 1. The molecule has 5 nitrogen and oxygen atoms in total. The average Bonchev–Trinajstić information content (AvgIpc) is 2.56. The molecule has 0 heterocycles. The summed E-state index contributed by atoms with van der Waals surface area (Å²) in [6.07, 6.45) is 0.580. The SMILES string of the molecule is O=C(O)CN(CC(=O)NCCc1ccc(F)cc1)c1ccccc1. The second-order valence-electron chi connectivity index (χ2n) is 5.31. The normalized spacial score (nSPS) is 10.2. The molecule has 0 saturated carbocycles. The van der Waals surface area contributed by atoms with Gasteiger partial charge in [-0.2, -0.15) is 0 Å². The molecule has 6 heteroatoms. The monoisotopic (exact) mass is 330 g/mol. The topological polar surface area (TPSA) is 69.6 Å². The number of carboxylic acid groups (broad SMARTS) is 1. The van der Waals surface area contributed by atoms with E-state index in [1.165, 1.54) is 17.0 Å². The van der Waals surface area contributed by atoms with E-state index >= 15 is 0 Å². The number of halogens is 1. The van der Waals surface area contributed by atoms with Crippen LogP contribution in [-0.4, -0.2) is 36.6 Å². The zero-order valence-electron chi connectivity index (χ0n) is 13.1. The van der Waals surface area contributed by atoms with E-state index in [2.05, 4.69) is 5.32 Å². The highest BCUT2D eigenvalue weighted by Gasteiger charge is 2.14. The van der Waals surface area contributed by atoms with Crippen molar-refractivity contribution in [3.63, 3.8) is 0 Å². The maximum absolute atomic E-state index is 12.8. The summed E-state index contributed by atoms with van der Waals surface area (Å²) in [5, 5.41) is 11.8. The lowest BCUT2D eigenvalue weighted by atomic mass is 10.1. The molecule has 0 saturated heterocycles. The van der Waals surface area contributed by atoms with Crippen LogP contribution in [0.3, 0.4) is 0 Å². The van der Waals surface area contributed by atoms with Crippen molar-refractivity contribution in [3.05, 3.63) is 66.0 Å². The Bertz CT molecular complexity index is 674. The quantitative estimate of drug-likeness (QED) is 0.777. The van der Waals surface area contributed by atoms with E-state index in [0.29, 0.717) is 18.7 Å². The molecule has 2 rings (SSSR count). The van der Waals surface area contributed by atoms with Crippen LogP contribution < -0.4 is 10.2 Å². The zero-order chi connectivity index (χ0) is 17.4. The minimum absolute atomic E-state index is 0.0419. The Morgan fingerprint density at radius 3 is 2.29 bits per heavy atom. The molecule has 0 atom stereocenters. The summed E-state index contributed by atoms with van der Waals surface area (Å²) < 4.78 is 12.8. The number of para-hydroxylation sites is 1. The summed E-state index contributed by atoms with van der Waals surface area (Å²) in [6.45, 7) is 0.106. The van der Waals surface area contributed by atoms with Crippen LogP contribution in [0.15, 0.2) is 54.6 Å². The van der Waals surface area contributed by atoms with Gasteiger partial charge in [0.1, 0.15) is 12.4 Å². The second-order valence-corrected chi connectivity index (χ2v) is 5.31. The van der Waals surface area contributed by atoms with Crippen molar-refractivity contribution in [1.29, 1.82) is 0 Å². The molecule has 0 fully saturated rings. The van der Waals surface area contributed by atoms with Crippen LogP contribution in [0.1, 0.15) is 5.56 Å². The van der Waals surface area contributed by atoms with Crippen molar-refractivity contribution in [2.24, 2.45) is 0 Å². The first kappa shape index (κ1) is 17.5. The Hall–Kier alpha value is -2.89. The van der Waals surface area contributed by atoms with Crippen LogP contribution in [0.4, 0.5) is 10.1 Å². The van der Waals surface area contributed by atoms with Crippen LogP contribution in [0.2, 0.25) is 0 Å². The average molecular weight is 330 g/mol. The number of nitrogens with zero attached hydrogens (tertiary/aromatic N) is 1. The predicted octanol–water partition coefficient (Wildman–Crippen LogP) is 2.08. The van der Waals surface area contributed by atoms with Crippen LogP contribution in [-0.2, 0) is 16.0 Å². The first-order valence-corrected chi connectivity index (χ1v) is 7.57. The third-order valence-corrected chi connectivity index (χ3v) is 3.43. The third-order valence-electron chi connectivity index (χ3n) is 3.43. The van der Waals surface area contributed by atoms with E-state index in [9.17, 15) is 14.0 Å². The van der Waals surface area contributed by atoms with Gasteiger partial charge in [-0.25, -0.2) is 4.39 Å². The lowest BCUT2D eigenvalue weighted by Gasteiger charge is -2.22. The molecule has 0 bridgehead atoms. The Balaban J connectivity index is 1.86. The number of hydrogen-bond acceptors (Lipinski definition) is 3. The number of carboxylic acids is 1. The van der Waals surface area contributed by atoms with Crippen LogP contribution in [0, 0.1) is 5.82 Å². The van der Waals surface area contributed by atoms with Crippen molar-refractivity contribution < 1.29 is 19.1 Å². The van der Waals surface area contributed by atoms with Crippen molar-refractivity contribution in [2.75, 3.05) is 24.5 Å². The largest absolute Gasteiger partial charge is 0.480 e. The maximum Gasteiger partial charge on any atom is 0.323 e. The van der Waals surface area contributed by atoms with Crippen molar-refractivity contribution >= 4 is 17.6 Å². The van der Waals surface area contributed by atoms with E-state index in [4.69, 9.17) is 5.11 Å². The molecule has 2 aromatic rings. The number of carbonyl (C=O) groups is 2. The molecule has 2 N–H and O–H groups in total. The van der Waals surface area contributed by atoms with Gasteiger partial charge in [-0.3, -0.25) is 9.59 Å². The van der Waals surface area contributed by atoms with Gasteiger partial charge in [0.05, 0.1) is 6.54 Å². The van der Waals surface area contributed by atoms with Gasteiger partial charge in [0, 0.05) is 12.2 Å². The molecule has 0 aliphatic heterocycles. The summed E-state index contributed by atoms with van der Waals surface area (Å²) in [6, 6.07) is 15.0. The Labute approximate surface area is 139 Å². The number of hydrogen-bond donors (Lipinski definition) is 2. The van der Waals surface area contributed by atoms with Gasteiger partial charge in [-0.05, 0) is 36.2 Å². The van der Waals surface area contributed by atoms with Crippen molar-refractivity contribution in [2.45, 2.75) is 6.42 Å². The summed E-state index contributed by atoms with van der Waals surface area (Å²) >= 11 is 0. The van der Waals surface area contributed by atoms with Gasteiger partial charge in [-0.15, -0.1) is 0 Å². The van der Waals surface area contributed by atoms with Gasteiger partial charge >= 0.3 is 5.97 Å². The molecule has 0 aliphatic rings. The molecule has 0 aliphatic carbocycles.